The third kappa shape index (κ3) is 4.98. The lowest BCUT2D eigenvalue weighted by Gasteiger charge is -2.26. The Morgan fingerprint density at radius 1 is 1.50 bits per heavy atom. The van der Waals surface area contributed by atoms with Crippen LogP contribution in [0.1, 0.15) is 56.0 Å². The SMILES string of the molecule is COC(=O)c1ccc(C(C)NCC(C)(C)CCCO)o1. The topological polar surface area (TPSA) is 71.7 Å². The summed E-state index contributed by atoms with van der Waals surface area (Å²) >= 11 is 0. The average molecular weight is 283 g/mol. The highest BCUT2D eigenvalue weighted by Crippen LogP contribution is 2.23. The molecule has 0 saturated carbocycles. The van der Waals surface area contributed by atoms with E-state index in [0.717, 1.165) is 19.4 Å². The minimum atomic E-state index is -0.466. The van der Waals surface area contributed by atoms with Crippen LogP contribution in [0, 0.1) is 5.41 Å². The van der Waals surface area contributed by atoms with Crippen molar-refractivity contribution in [1.29, 1.82) is 0 Å². The summed E-state index contributed by atoms with van der Waals surface area (Å²) in [6.45, 7) is 7.33. The Labute approximate surface area is 120 Å². The van der Waals surface area contributed by atoms with Gasteiger partial charge in [-0.25, -0.2) is 4.79 Å². The van der Waals surface area contributed by atoms with E-state index in [1.165, 1.54) is 7.11 Å². The van der Waals surface area contributed by atoms with Crippen LogP contribution in [0.5, 0.6) is 0 Å². The summed E-state index contributed by atoms with van der Waals surface area (Å²) in [7, 11) is 1.33. The van der Waals surface area contributed by atoms with Crippen LogP contribution in [0.4, 0.5) is 0 Å². The number of aliphatic hydroxyl groups excluding tert-OH is 1. The number of rotatable bonds is 8. The Balaban J connectivity index is 2.52. The van der Waals surface area contributed by atoms with E-state index >= 15 is 0 Å². The quantitative estimate of drug-likeness (QED) is 0.717. The molecule has 20 heavy (non-hydrogen) atoms. The van der Waals surface area contributed by atoms with Crippen molar-refractivity contribution < 1.29 is 19.1 Å². The van der Waals surface area contributed by atoms with Gasteiger partial charge in [0.05, 0.1) is 13.2 Å². The Morgan fingerprint density at radius 2 is 2.20 bits per heavy atom. The van der Waals surface area contributed by atoms with E-state index in [1.807, 2.05) is 6.92 Å². The molecule has 1 aromatic heterocycles. The zero-order valence-corrected chi connectivity index (χ0v) is 12.7. The second-order valence-electron chi connectivity index (χ2n) is 5.79. The van der Waals surface area contributed by atoms with Crippen molar-refractivity contribution >= 4 is 5.97 Å². The number of hydrogen-bond donors (Lipinski definition) is 2. The maximum Gasteiger partial charge on any atom is 0.373 e. The number of aliphatic hydroxyl groups is 1. The zero-order valence-electron chi connectivity index (χ0n) is 12.7. The number of furan rings is 1. The molecule has 0 fully saturated rings. The Morgan fingerprint density at radius 3 is 2.80 bits per heavy atom. The molecule has 0 bridgehead atoms. The van der Waals surface area contributed by atoms with E-state index in [4.69, 9.17) is 9.52 Å². The second-order valence-corrected chi connectivity index (χ2v) is 5.79. The van der Waals surface area contributed by atoms with Crippen LogP contribution in [0.15, 0.2) is 16.5 Å². The standard InChI is InChI=1S/C15H25NO4/c1-11(16-10-15(2,3)8-5-9-17)12-6-7-13(20-12)14(18)19-4/h6-7,11,16-17H,5,8-10H2,1-4H3. The molecule has 1 aromatic rings. The van der Waals surface area contributed by atoms with Crippen molar-refractivity contribution in [3.63, 3.8) is 0 Å². The van der Waals surface area contributed by atoms with Gasteiger partial charge in [-0.1, -0.05) is 13.8 Å². The highest BCUT2D eigenvalue weighted by molar-refractivity contribution is 5.86. The molecule has 0 amide bonds. The lowest BCUT2D eigenvalue weighted by atomic mass is 9.87. The van der Waals surface area contributed by atoms with Crippen molar-refractivity contribution in [1.82, 2.24) is 5.32 Å². The maximum absolute atomic E-state index is 11.3. The lowest BCUT2D eigenvalue weighted by molar-refractivity contribution is 0.0562. The van der Waals surface area contributed by atoms with Crippen molar-refractivity contribution in [3.05, 3.63) is 23.7 Å². The molecule has 0 aliphatic rings. The monoisotopic (exact) mass is 283 g/mol. The van der Waals surface area contributed by atoms with Crippen molar-refractivity contribution in [3.8, 4) is 0 Å². The third-order valence-electron chi connectivity index (χ3n) is 3.34. The predicted molar refractivity (Wildman–Crippen MR) is 76.6 cm³/mol. The van der Waals surface area contributed by atoms with Crippen molar-refractivity contribution in [2.45, 2.75) is 39.7 Å². The van der Waals surface area contributed by atoms with Gasteiger partial charge in [0, 0.05) is 13.2 Å². The number of carbonyl (C=O) groups excluding carboxylic acids is 1. The molecular formula is C15H25NO4. The second kappa shape index (κ2) is 7.45. The van der Waals surface area contributed by atoms with Gasteiger partial charge in [-0.2, -0.15) is 0 Å². The number of hydrogen-bond acceptors (Lipinski definition) is 5. The number of methoxy groups -OCH3 is 1. The van der Waals surface area contributed by atoms with Gasteiger partial charge in [0.2, 0.25) is 5.76 Å². The molecule has 1 heterocycles. The number of nitrogens with one attached hydrogen (secondary N) is 1. The molecular weight excluding hydrogens is 258 g/mol. The van der Waals surface area contributed by atoms with Gasteiger partial charge in [-0.05, 0) is 37.3 Å². The van der Waals surface area contributed by atoms with Gasteiger partial charge in [-0.15, -0.1) is 0 Å². The molecule has 5 heteroatoms. The molecule has 0 spiro atoms. The van der Waals surface area contributed by atoms with Gasteiger partial charge < -0.3 is 19.6 Å². The largest absolute Gasteiger partial charge is 0.463 e. The summed E-state index contributed by atoms with van der Waals surface area (Å²) < 4.78 is 10.1. The first-order valence-corrected chi connectivity index (χ1v) is 6.92. The molecule has 0 radical (unpaired) electrons. The van der Waals surface area contributed by atoms with Crippen LogP contribution in [0.25, 0.3) is 0 Å². The normalized spacial score (nSPS) is 13.2. The number of ether oxygens (including phenoxy) is 1. The molecule has 0 aliphatic carbocycles. The van der Waals surface area contributed by atoms with E-state index in [1.54, 1.807) is 12.1 Å². The fourth-order valence-corrected chi connectivity index (χ4v) is 1.97. The molecule has 2 N–H and O–H groups in total. The van der Waals surface area contributed by atoms with Crippen LogP contribution < -0.4 is 5.32 Å². The first-order valence-electron chi connectivity index (χ1n) is 6.92. The fraction of sp³-hybridized carbons (Fsp3) is 0.667. The van der Waals surface area contributed by atoms with E-state index in [9.17, 15) is 4.79 Å². The molecule has 0 aliphatic heterocycles. The smallest absolute Gasteiger partial charge is 0.373 e. The van der Waals surface area contributed by atoms with Gasteiger partial charge in [0.1, 0.15) is 5.76 Å². The summed E-state index contributed by atoms with van der Waals surface area (Å²) in [5.74, 6) is 0.464. The van der Waals surface area contributed by atoms with Crippen molar-refractivity contribution in [2.24, 2.45) is 5.41 Å². The lowest BCUT2D eigenvalue weighted by Crippen LogP contribution is -2.31. The summed E-state index contributed by atoms with van der Waals surface area (Å²) in [4.78, 5) is 11.3. The van der Waals surface area contributed by atoms with Gasteiger partial charge >= 0.3 is 5.97 Å². The summed E-state index contributed by atoms with van der Waals surface area (Å²) in [6, 6.07) is 3.42. The summed E-state index contributed by atoms with van der Waals surface area (Å²) in [6.07, 6.45) is 1.76. The van der Waals surface area contributed by atoms with E-state index < -0.39 is 5.97 Å². The average Bonchev–Trinajstić information content (AvgIpc) is 2.91. The third-order valence-corrected chi connectivity index (χ3v) is 3.34. The highest BCUT2D eigenvalue weighted by atomic mass is 16.5. The van der Waals surface area contributed by atoms with Crippen LogP contribution in [0.2, 0.25) is 0 Å². The van der Waals surface area contributed by atoms with E-state index in [0.29, 0.717) is 5.76 Å². The first-order chi connectivity index (χ1) is 9.39. The summed E-state index contributed by atoms with van der Waals surface area (Å²) in [5, 5.41) is 12.3. The Hall–Kier alpha value is -1.33. The predicted octanol–water partition coefficient (Wildman–Crippen LogP) is 2.52. The molecule has 1 rings (SSSR count). The Kier molecular flexibility index (Phi) is 6.23. The van der Waals surface area contributed by atoms with Gasteiger partial charge in [0.15, 0.2) is 0 Å². The fourth-order valence-electron chi connectivity index (χ4n) is 1.97. The van der Waals surface area contributed by atoms with Crippen molar-refractivity contribution in [2.75, 3.05) is 20.3 Å². The van der Waals surface area contributed by atoms with Crippen LogP contribution in [-0.4, -0.2) is 31.3 Å². The van der Waals surface area contributed by atoms with Gasteiger partial charge in [0.25, 0.3) is 0 Å². The van der Waals surface area contributed by atoms with E-state index in [-0.39, 0.29) is 23.8 Å². The van der Waals surface area contributed by atoms with Crippen LogP contribution >= 0.6 is 0 Å². The minimum absolute atomic E-state index is 0.0156. The zero-order chi connectivity index (χ0) is 15.2. The molecule has 1 unspecified atom stereocenters. The molecule has 1 atom stereocenters. The van der Waals surface area contributed by atoms with E-state index in [2.05, 4.69) is 23.9 Å². The van der Waals surface area contributed by atoms with Crippen LogP contribution in [-0.2, 0) is 4.74 Å². The first kappa shape index (κ1) is 16.7. The van der Waals surface area contributed by atoms with Crippen LogP contribution in [0.3, 0.4) is 0 Å². The van der Waals surface area contributed by atoms with Gasteiger partial charge in [-0.3, -0.25) is 0 Å². The highest BCUT2D eigenvalue weighted by Gasteiger charge is 2.20. The molecule has 5 nitrogen and oxygen atoms in total. The Bertz CT molecular complexity index is 425. The molecule has 0 saturated heterocycles. The maximum atomic E-state index is 11.3. The summed E-state index contributed by atoms with van der Waals surface area (Å²) in [5.41, 5.74) is 0.106. The minimum Gasteiger partial charge on any atom is -0.463 e. The number of carbonyl (C=O) groups is 1. The molecule has 114 valence electrons. The number of esters is 1. The molecule has 0 aromatic carbocycles.